The van der Waals surface area contributed by atoms with Crippen LogP contribution in [0.25, 0.3) is 11.3 Å². The van der Waals surface area contributed by atoms with Crippen LogP contribution >= 0.6 is 0 Å². The minimum Gasteiger partial charge on any atom is -0.379 e. The van der Waals surface area contributed by atoms with E-state index in [-0.39, 0.29) is 6.54 Å². The largest absolute Gasteiger partial charge is 0.379 e. The predicted octanol–water partition coefficient (Wildman–Crippen LogP) is 1.15. The Morgan fingerprint density at radius 2 is 2.18 bits per heavy atom. The number of aliphatic hydroxyl groups is 1. The molecule has 1 atom stereocenters. The summed E-state index contributed by atoms with van der Waals surface area (Å²) in [5, 5.41) is 14.3. The zero-order valence-corrected chi connectivity index (χ0v) is 12.2. The van der Waals surface area contributed by atoms with E-state index in [0.29, 0.717) is 18.7 Å². The standard InChI is InChI=1S/C16H19N3O3/c17-15(20)16(21)7-4-8-19(11-16)10-13-9-14(22-18-13)12-5-2-1-3-6-12/h1-3,5-6,9,21H,4,7-8,10-11H2,(H2,17,20)/t16-/m0/s1. The quantitative estimate of drug-likeness (QED) is 0.884. The molecule has 3 N–H and O–H groups in total. The first-order valence-corrected chi connectivity index (χ1v) is 7.32. The Hall–Kier alpha value is -2.18. The number of rotatable bonds is 4. The van der Waals surface area contributed by atoms with Crippen molar-refractivity contribution in [3.05, 3.63) is 42.1 Å². The van der Waals surface area contributed by atoms with Crippen molar-refractivity contribution in [1.82, 2.24) is 10.1 Å². The van der Waals surface area contributed by atoms with Crippen molar-refractivity contribution in [2.75, 3.05) is 13.1 Å². The second kappa shape index (κ2) is 5.90. The summed E-state index contributed by atoms with van der Waals surface area (Å²) in [5.41, 5.74) is 5.58. The molecular formula is C16H19N3O3. The number of carbonyl (C=O) groups is 1. The fourth-order valence-electron chi connectivity index (χ4n) is 2.81. The molecule has 1 amide bonds. The molecule has 1 aliphatic rings. The van der Waals surface area contributed by atoms with Crippen molar-refractivity contribution in [1.29, 1.82) is 0 Å². The number of hydrogen-bond donors (Lipinski definition) is 2. The van der Waals surface area contributed by atoms with Gasteiger partial charge in [0, 0.05) is 24.7 Å². The van der Waals surface area contributed by atoms with Crippen molar-refractivity contribution in [3.63, 3.8) is 0 Å². The molecule has 22 heavy (non-hydrogen) atoms. The van der Waals surface area contributed by atoms with Gasteiger partial charge in [-0.2, -0.15) is 0 Å². The fourth-order valence-corrected chi connectivity index (χ4v) is 2.81. The number of β-amino-alcohol motifs (C(OH)–C–C–N with tert-alkyl or cyclic N) is 1. The lowest BCUT2D eigenvalue weighted by atomic mass is 9.92. The predicted molar refractivity (Wildman–Crippen MR) is 80.6 cm³/mol. The van der Waals surface area contributed by atoms with E-state index in [1.807, 2.05) is 41.3 Å². The van der Waals surface area contributed by atoms with Crippen LogP contribution in [0.5, 0.6) is 0 Å². The van der Waals surface area contributed by atoms with E-state index < -0.39 is 11.5 Å². The van der Waals surface area contributed by atoms with Gasteiger partial charge < -0.3 is 15.4 Å². The first-order valence-electron chi connectivity index (χ1n) is 7.32. The third kappa shape index (κ3) is 3.03. The molecule has 1 fully saturated rings. The highest BCUT2D eigenvalue weighted by atomic mass is 16.5. The average molecular weight is 301 g/mol. The molecule has 3 rings (SSSR count). The van der Waals surface area contributed by atoms with Crippen LogP contribution in [0.2, 0.25) is 0 Å². The van der Waals surface area contributed by atoms with E-state index in [9.17, 15) is 9.90 Å². The molecule has 0 aliphatic carbocycles. The van der Waals surface area contributed by atoms with E-state index in [0.717, 1.165) is 24.2 Å². The normalized spacial score (nSPS) is 22.6. The van der Waals surface area contributed by atoms with Crippen LogP contribution in [0.1, 0.15) is 18.5 Å². The number of hydrogen-bond acceptors (Lipinski definition) is 5. The molecule has 0 radical (unpaired) electrons. The van der Waals surface area contributed by atoms with Gasteiger partial charge in [-0.25, -0.2) is 0 Å². The number of piperidine rings is 1. The molecule has 0 spiro atoms. The van der Waals surface area contributed by atoms with Gasteiger partial charge in [-0.05, 0) is 19.4 Å². The lowest BCUT2D eigenvalue weighted by Gasteiger charge is -2.36. The Kier molecular flexibility index (Phi) is 3.96. The lowest BCUT2D eigenvalue weighted by Crippen LogP contribution is -2.55. The molecule has 2 aromatic rings. The van der Waals surface area contributed by atoms with E-state index in [4.69, 9.17) is 10.3 Å². The second-order valence-corrected chi connectivity index (χ2v) is 5.76. The van der Waals surface area contributed by atoms with E-state index in [2.05, 4.69) is 5.16 Å². The van der Waals surface area contributed by atoms with Gasteiger partial charge in [0.15, 0.2) is 11.4 Å². The van der Waals surface area contributed by atoms with Gasteiger partial charge in [0.05, 0.1) is 5.69 Å². The minimum absolute atomic E-state index is 0.232. The maximum atomic E-state index is 11.4. The molecular weight excluding hydrogens is 282 g/mol. The van der Waals surface area contributed by atoms with Gasteiger partial charge in [0.25, 0.3) is 5.91 Å². The molecule has 1 aromatic heterocycles. The van der Waals surface area contributed by atoms with Crippen molar-refractivity contribution >= 4 is 5.91 Å². The van der Waals surface area contributed by atoms with E-state index >= 15 is 0 Å². The number of nitrogens with two attached hydrogens (primary N) is 1. The van der Waals surface area contributed by atoms with Crippen molar-refractivity contribution in [2.24, 2.45) is 5.73 Å². The van der Waals surface area contributed by atoms with Gasteiger partial charge >= 0.3 is 0 Å². The number of carbonyl (C=O) groups excluding carboxylic acids is 1. The van der Waals surface area contributed by atoms with E-state index in [1.165, 1.54) is 0 Å². The molecule has 1 aliphatic heterocycles. The summed E-state index contributed by atoms with van der Waals surface area (Å²) in [5.74, 6) is 0.0418. The Morgan fingerprint density at radius 3 is 2.91 bits per heavy atom. The second-order valence-electron chi connectivity index (χ2n) is 5.76. The lowest BCUT2D eigenvalue weighted by molar-refractivity contribution is -0.142. The Labute approximate surface area is 128 Å². The molecule has 6 heteroatoms. The Balaban J connectivity index is 1.69. The average Bonchev–Trinajstić information content (AvgIpc) is 2.97. The Bertz CT molecular complexity index is 656. The van der Waals surface area contributed by atoms with Crippen LogP contribution in [-0.2, 0) is 11.3 Å². The number of nitrogens with zero attached hydrogens (tertiary/aromatic N) is 2. The van der Waals surface area contributed by atoms with Crippen LogP contribution in [0.4, 0.5) is 0 Å². The number of amides is 1. The first-order chi connectivity index (χ1) is 10.6. The third-order valence-corrected chi connectivity index (χ3v) is 4.01. The Morgan fingerprint density at radius 1 is 1.41 bits per heavy atom. The van der Waals surface area contributed by atoms with Gasteiger partial charge in [0.2, 0.25) is 0 Å². The monoisotopic (exact) mass is 301 g/mol. The van der Waals surface area contributed by atoms with Crippen LogP contribution < -0.4 is 5.73 Å². The molecule has 1 saturated heterocycles. The topological polar surface area (TPSA) is 92.6 Å². The summed E-state index contributed by atoms with van der Waals surface area (Å²) < 4.78 is 5.36. The van der Waals surface area contributed by atoms with Crippen LogP contribution in [0.15, 0.2) is 40.9 Å². The van der Waals surface area contributed by atoms with Crippen LogP contribution in [0.3, 0.4) is 0 Å². The summed E-state index contributed by atoms with van der Waals surface area (Å²) in [6.45, 7) is 1.55. The van der Waals surface area contributed by atoms with Crippen molar-refractivity contribution in [2.45, 2.75) is 25.0 Å². The van der Waals surface area contributed by atoms with Crippen LogP contribution in [-0.4, -0.2) is 39.8 Å². The molecule has 0 saturated carbocycles. The zero-order valence-electron chi connectivity index (χ0n) is 12.2. The summed E-state index contributed by atoms with van der Waals surface area (Å²) in [6, 6.07) is 11.6. The third-order valence-electron chi connectivity index (χ3n) is 4.01. The highest BCUT2D eigenvalue weighted by Gasteiger charge is 2.38. The molecule has 1 aromatic carbocycles. The number of primary amides is 1. The van der Waals surface area contributed by atoms with Crippen molar-refractivity contribution < 1.29 is 14.4 Å². The first kappa shape index (κ1) is 14.7. The number of likely N-dealkylation sites (tertiary alicyclic amines) is 1. The maximum Gasteiger partial charge on any atom is 0.250 e. The highest BCUT2D eigenvalue weighted by molar-refractivity contribution is 5.83. The van der Waals surface area contributed by atoms with Gasteiger partial charge in [-0.1, -0.05) is 35.5 Å². The van der Waals surface area contributed by atoms with Gasteiger partial charge in [-0.15, -0.1) is 0 Å². The minimum atomic E-state index is -1.44. The summed E-state index contributed by atoms with van der Waals surface area (Å²) >= 11 is 0. The van der Waals surface area contributed by atoms with Gasteiger partial charge in [-0.3, -0.25) is 9.69 Å². The molecule has 2 heterocycles. The van der Waals surface area contributed by atoms with Crippen LogP contribution in [0, 0.1) is 0 Å². The van der Waals surface area contributed by atoms with E-state index in [1.54, 1.807) is 0 Å². The summed E-state index contributed by atoms with van der Waals surface area (Å²) in [6.07, 6.45) is 1.13. The van der Waals surface area contributed by atoms with Crippen molar-refractivity contribution in [3.8, 4) is 11.3 Å². The molecule has 116 valence electrons. The molecule has 0 unspecified atom stereocenters. The highest BCUT2D eigenvalue weighted by Crippen LogP contribution is 2.24. The molecule has 0 bridgehead atoms. The smallest absolute Gasteiger partial charge is 0.250 e. The summed E-state index contributed by atoms with van der Waals surface area (Å²) in [4.78, 5) is 13.3. The SMILES string of the molecule is NC(=O)[C@]1(O)CCCN(Cc2cc(-c3ccccc3)on2)C1. The fraction of sp³-hybridized carbons (Fsp3) is 0.375. The van der Waals surface area contributed by atoms with Gasteiger partial charge in [0.1, 0.15) is 0 Å². The summed E-state index contributed by atoms with van der Waals surface area (Å²) in [7, 11) is 0. The maximum absolute atomic E-state index is 11.4. The zero-order chi connectivity index (χ0) is 15.6. The number of benzene rings is 1. The number of aromatic nitrogens is 1. The molecule has 6 nitrogen and oxygen atoms in total.